The number of imidazole rings is 1. The number of nitro groups is 1. The summed E-state index contributed by atoms with van der Waals surface area (Å²) in [5, 5.41) is 16.1. The van der Waals surface area contributed by atoms with Crippen LogP contribution in [0.3, 0.4) is 0 Å². The van der Waals surface area contributed by atoms with Crippen molar-refractivity contribution in [2.24, 2.45) is 0 Å². The highest BCUT2D eigenvalue weighted by atomic mass is 35.5. The van der Waals surface area contributed by atoms with E-state index in [2.05, 4.69) is 19.8 Å². The second-order valence-corrected chi connectivity index (χ2v) is 9.21. The number of nitrogens with one attached hydrogen (secondary N) is 1. The first-order chi connectivity index (χ1) is 16.4. The van der Waals surface area contributed by atoms with Crippen LogP contribution >= 0.6 is 35.4 Å². The van der Waals surface area contributed by atoms with Crippen LogP contribution < -0.4 is 10.1 Å². The van der Waals surface area contributed by atoms with Crippen molar-refractivity contribution in [3.8, 4) is 5.75 Å². The molecule has 178 valence electrons. The Morgan fingerprint density at radius 3 is 2.74 bits per heavy atom. The van der Waals surface area contributed by atoms with E-state index in [0.717, 1.165) is 37.3 Å². The van der Waals surface area contributed by atoms with Crippen molar-refractivity contribution in [3.63, 3.8) is 0 Å². The van der Waals surface area contributed by atoms with Crippen LogP contribution in [0.1, 0.15) is 30.1 Å². The summed E-state index contributed by atoms with van der Waals surface area (Å²) < 4.78 is 7.42. The number of nitrogens with zero attached hydrogens (tertiary/aromatic N) is 4. The number of benzene rings is 2. The normalized spacial score (nSPS) is 14.1. The third kappa shape index (κ3) is 5.43. The van der Waals surface area contributed by atoms with Gasteiger partial charge in [-0.05, 0) is 54.9 Å². The average molecular weight is 520 g/mol. The molecule has 11 heteroatoms. The van der Waals surface area contributed by atoms with Crippen LogP contribution in [0.5, 0.6) is 5.75 Å². The zero-order valence-electron chi connectivity index (χ0n) is 18.4. The Balaban J connectivity index is 1.39. The van der Waals surface area contributed by atoms with Crippen molar-refractivity contribution in [3.05, 3.63) is 80.3 Å². The number of anilines is 1. The number of halogens is 2. The molecule has 0 atom stereocenters. The summed E-state index contributed by atoms with van der Waals surface area (Å²) in [5.41, 5.74) is 1.51. The predicted molar refractivity (Wildman–Crippen MR) is 137 cm³/mol. The molecule has 0 saturated carbocycles. The lowest BCUT2D eigenvalue weighted by Gasteiger charge is -2.34. The number of rotatable bonds is 6. The number of nitro benzene ring substituents is 1. The molecular formula is C23H23Cl2N5O3S. The largest absolute Gasteiger partial charge is 0.494 e. The summed E-state index contributed by atoms with van der Waals surface area (Å²) in [6.07, 6.45) is 5.55. The number of hydrogen-bond donors (Lipinski definition) is 1. The molecule has 1 fully saturated rings. The Labute approximate surface area is 212 Å². The van der Waals surface area contributed by atoms with Gasteiger partial charge in [-0.25, -0.2) is 4.98 Å². The number of thiocarbonyl (C=S) groups is 1. The van der Waals surface area contributed by atoms with Crippen LogP contribution in [0, 0.1) is 10.1 Å². The second kappa shape index (κ2) is 10.6. The highest BCUT2D eigenvalue weighted by molar-refractivity contribution is 7.80. The first-order valence-electron chi connectivity index (χ1n) is 10.7. The third-order valence-corrected chi connectivity index (χ3v) is 6.85. The Kier molecular flexibility index (Phi) is 7.55. The summed E-state index contributed by atoms with van der Waals surface area (Å²) in [5.74, 6) is 1.68. The van der Waals surface area contributed by atoms with E-state index in [0.29, 0.717) is 39.1 Å². The number of likely N-dealkylation sites (tertiary alicyclic amines) is 1. The molecular weight excluding hydrogens is 497 g/mol. The molecule has 34 heavy (non-hydrogen) atoms. The lowest BCUT2D eigenvalue weighted by molar-refractivity contribution is -0.384. The van der Waals surface area contributed by atoms with Gasteiger partial charge in [0.05, 0.1) is 30.3 Å². The minimum absolute atomic E-state index is 0.0382. The van der Waals surface area contributed by atoms with Gasteiger partial charge in [-0.15, -0.1) is 0 Å². The van der Waals surface area contributed by atoms with Crippen LogP contribution in [0.15, 0.2) is 48.8 Å². The standard InChI is InChI=1S/C23H23Cl2N5O3S/c1-33-21-13-18(30(31)32)3-5-20(21)27-23(34)28-9-6-15(7-10-28)22-26-8-11-29(22)14-16-12-17(24)2-4-19(16)25/h2-5,8,11-13,15H,6-7,9-10,14H2,1H3,(H,27,34). The van der Waals surface area contributed by atoms with Crippen LogP contribution in [-0.2, 0) is 6.54 Å². The Hall–Kier alpha value is -2.88. The molecule has 1 aliphatic rings. The lowest BCUT2D eigenvalue weighted by Crippen LogP contribution is -2.40. The zero-order valence-corrected chi connectivity index (χ0v) is 20.7. The van der Waals surface area contributed by atoms with Crippen molar-refractivity contribution < 1.29 is 9.66 Å². The molecule has 8 nitrogen and oxygen atoms in total. The van der Waals surface area contributed by atoms with Gasteiger partial charge in [0, 0.05) is 47.5 Å². The molecule has 0 bridgehead atoms. The molecule has 2 aromatic carbocycles. The van der Waals surface area contributed by atoms with Gasteiger partial charge in [0.1, 0.15) is 11.6 Å². The first kappa shape index (κ1) is 24.3. The SMILES string of the molecule is COc1cc([N+](=O)[O-])ccc1NC(=S)N1CCC(c2nccn2Cc2cc(Cl)ccc2Cl)CC1. The molecule has 0 aliphatic carbocycles. The number of non-ortho nitro benzene ring substituents is 1. The Morgan fingerprint density at radius 1 is 1.26 bits per heavy atom. The van der Waals surface area contributed by atoms with Gasteiger partial charge in [-0.1, -0.05) is 23.2 Å². The molecule has 0 unspecified atom stereocenters. The van der Waals surface area contributed by atoms with Gasteiger partial charge < -0.3 is 19.5 Å². The predicted octanol–water partition coefficient (Wildman–Crippen LogP) is 5.73. The summed E-state index contributed by atoms with van der Waals surface area (Å²) in [4.78, 5) is 17.3. The maximum absolute atomic E-state index is 11.0. The zero-order chi connectivity index (χ0) is 24.2. The van der Waals surface area contributed by atoms with Crippen LogP contribution in [0.2, 0.25) is 10.0 Å². The maximum atomic E-state index is 11.0. The molecule has 0 amide bonds. The van der Waals surface area contributed by atoms with Crippen LogP contribution in [0.4, 0.5) is 11.4 Å². The fourth-order valence-electron chi connectivity index (χ4n) is 4.09. The van der Waals surface area contributed by atoms with Crippen molar-refractivity contribution in [2.75, 3.05) is 25.5 Å². The Bertz CT molecular complexity index is 1210. The van der Waals surface area contributed by atoms with Gasteiger partial charge in [0.25, 0.3) is 5.69 Å². The van der Waals surface area contributed by atoms with Crippen molar-refractivity contribution >= 4 is 51.9 Å². The van der Waals surface area contributed by atoms with Gasteiger partial charge in [0.2, 0.25) is 0 Å². The third-order valence-electron chi connectivity index (χ3n) is 5.88. The number of aromatic nitrogens is 2. The van der Waals surface area contributed by atoms with Gasteiger partial charge in [-0.2, -0.15) is 0 Å². The quantitative estimate of drug-likeness (QED) is 0.252. The van der Waals surface area contributed by atoms with E-state index in [1.807, 2.05) is 24.5 Å². The van der Waals surface area contributed by atoms with Crippen molar-refractivity contribution in [1.29, 1.82) is 0 Å². The Morgan fingerprint density at radius 2 is 2.03 bits per heavy atom. The molecule has 1 N–H and O–H groups in total. The highest BCUT2D eigenvalue weighted by Crippen LogP contribution is 2.31. The number of methoxy groups -OCH3 is 1. The minimum Gasteiger partial charge on any atom is -0.494 e. The fraction of sp³-hybridized carbons (Fsp3) is 0.304. The number of piperidine rings is 1. The molecule has 1 aromatic heterocycles. The monoisotopic (exact) mass is 519 g/mol. The second-order valence-electron chi connectivity index (χ2n) is 7.98. The molecule has 0 radical (unpaired) electrons. The van der Waals surface area contributed by atoms with E-state index in [1.54, 1.807) is 12.1 Å². The average Bonchev–Trinajstić information content (AvgIpc) is 3.29. The highest BCUT2D eigenvalue weighted by Gasteiger charge is 2.26. The number of ether oxygens (including phenoxy) is 1. The molecule has 0 spiro atoms. The van der Waals surface area contributed by atoms with E-state index in [4.69, 9.17) is 40.2 Å². The van der Waals surface area contributed by atoms with E-state index in [-0.39, 0.29) is 5.69 Å². The minimum atomic E-state index is -0.459. The van der Waals surface area contributed by atoms with E-state index in [9.17, 15) is 10.1 Å². The van der Waals surface area contributed by atoms with Crippen LogP contribution in [0.25, 0.3) is 0 Å². The van der Waals surface area contributed by atoms with Crippen LogP contribution in [-0.4, -0.2) is 44.7 Å². The molecule has 1 saturated heterocycles. The van der Waals surface area contributed by atoms with E-state index in [1.165, 1.54) is 19.2 Å². The van der Waals surface area contributed by atoms with Gasteiger partial charge >= 0.3 is 0 Å². The van der Waals surface area contributed by atoms with Crippen molar-refractivity contribution in [2.45, 2.75) is 25.3 Å². The fourth-order valence-corrected chi connectivity index (χ4v) is 4.76. The first-order valence-corrected chi connectivity index (χ1v) is 11.9. The summed E-state index contributed by atoms with van der Waals surface area (Å²) in [6.45, 7) is 2.13. The molecule has 1 aliphatic heterocycles. The number of hydrogen-bond acceptors (Lipinski definition) is 5. The topological polar surface area (TPSA) is 85.5 Å². The van der Waals surface area contributed by atoms with E-state index < -0.39 is 4.92 Å². The van der Waals surface area contributed by atoms with E-state index >= 15 is 0 Å². The smallest absolute Gasteiger partial charge is 0.273 e. The molecule has 2 heterocycles. The summed E-state index contributed by atoms with van der Waals surface area (Å²) in [7, 11) is 1.47. The molecule has 3 aromatic rings. The molecule has 4 rings (SSSR count). The van der Waals surface area contributed by atoms with Gasteiger partial charge in [-0.3, -0.25) is 10.1 Å². The summed E-state index contributed by atoms with van der Waals surface area (Å²) >= 11 is 18.1. The summed E-state index contributed by atoms with van der Waals surface area (Å²) in [6, 6.07) is 9.87. The maximum Gasteiger partial charge on any atom is 0.273 e. The van der Waals surface area contributed by atoms with Crippen molar-refractivity contribution in [1.82, 2.24) is 14.5 Å². The lowest BCUT2D eigenvalue weighted by atomic mass is 9.96. The van der Waals surface area contributed by atoms with Gasteiger partial charge in [0.15, 0.2) is 5.11 Å².